The molecule has 0 aromatic rings. The van der Waals surface area contributed by atoms with E-state index in [1.807, 2.05) is 0 Å². The van der Waals surface area contributed by atoms with E-state index in [1.54, 1.807) is 7.11 Å². The fourth-order valence-electron chi connectivity index (χ4n) is 2.43. The molecule has 0 aromatic carbocycles. The SMILES string of the molecule is COCC(CO)NCC1(CO)CCCCC1. The van der Waals surface area contributed by atoms with E-state index in [4.69, 9.17) is 9.84 Å². The van der Waals surface area contributed by atoms with Gasteiger partial charge in [0.2, 0.25) is 0 Å². The molecule has 4 nitrogen and oxygen atoms in total. The maximum Gasteiger partial charge on any atom is 0.0638 e. The molecular weight excluding hydrogens is 206 g/mol. The minimum absolute atomic E-state index is 0.0182. The summed E-state index contributed by atoms with van der Waals surface area (Å²) in [6, 6.07) is -0.0182. The van der Waals surface area contributed by atoms with Crippen LogP contribution in [-0.2, 0) is 4.74 Å². The fraction of sp³-hybridized carbons (Fsp3) is 1.00. The Morgan fingerprint density at radius 1 is 1.25 bits per heavy atom. The number of methoxy groups -OCH3 is 1. The normalized spacial score (nSPS) is 21.9. The molecule has 0 heterocycles. The van der Waals surface area contributed by atoms with Crippen LogP contribution in [0.2, 0.25) is 0 Å². The molecule has 1 atom stereocenters. The summed E-state index contributed by atoms with van der Waals surface area (Å²) >= 11 is 0. The number of aliphatic hydroxyl groups excluding tert-OH is 2. The molecule has 96 valence electrons. The molecule has 0 bridgehead atoms. The second kappa shape index (κ2) is 7.22. The van der Waals surface area contributed by atoms with Crippen molar-refractivity contribution in [1.29, 1.82) is 0 Å². The van der Waals surface area contributed by atoms with Crippen LogP contribution in [-0.4, -0.2) is 49.7 Å². The van der Waals surface area contributed by atoms with Gasteiger partial charge in [-0.1, -0.05) is 19.3 Å². The second-order valence-corrected chi connectivity index (χ2v) is 4.93. The molecule has 3 N–H and O–H groups in total. The third-order valence-corrected chi connectivity index (χ3v) is 3.60. The highest BCUT2D eigenvalue weighted by Crippen LogP contribution is 2.35. The Bertz CT molecular complexity index is 181. The van der Waals surface area contributed by atoms with Crippen LogP contribution in [0, 0.1) is 5.41 Å². The van der Waals surface area contributed by atoms with Crippen LogP contribution in [0.15, 0.2) is 0 Å². The van der Waals surface area contributed by atoms with Gasteiger partial charge in [0.15, 0.2) is 0 Å². The van der Waals surface area contributed by atoms with Crippen molar-refractivity contribution in [1.82, 2.24) is 5.32 Å². The molecule has 1 aliphatic rings. The first-order valence-corrected chi connectivity index (χ1v) is 6.20. The summed E-state index contributed by atoms with van der Waals surface area (Å²) in [7, 11) is 1.63. The lowest BCUT2D eigenvalue weighted by molar-refractivity contribution is 0.0646. The van der Waals surface area contributed by atoms with Crippen LogP contribution in [0.1, 0.15) is 32.1 Å². The van der Waals surface area contributed by atoms with Crippen LogP contribution in [0.5, 0.6) is 0 Å². The quantitative estimate of drug-likeness (QED) is 0.598. The molecule has 0 saturated heterocycles. The Kier molecular flexibility index (Phi) is 6.28. The van der Waals surface area contributed by atoms with Crippen molar-refractivity contribution in [3.05, 3.63) is 0 Å². The van der Waals surface area contributed by atoms with E-state index < -0.39 is 0 Å². The zero-order chi connectivity index (χ0) is 11.9. The smallest absolute Gasteiger partial charge is 0.0638 e. The van der Waals surface area contributed by atoms with E-state index in [0.717, 1.165) is 19.4 Å². The molecule has 0 amide bonds. The van der Waals surface area contributed by atoms with Crippen LogP contribution in [0.3, 0.4) is 0 Å². The van der Waals surface area contributed by atoms with Gasteiger partial charge < -0.3 is 20.3 Å². The molecule has 4 heteroatoms. The van der Waals surface area contributed by atoms with Crippen LogP contribution < -0.4 is 5.32 Å². The lowest BCUT2D eigenvalue weighted by atomic mass is 9.74. The van der Waals surface area contributed by atoms with Crippen molar-refractivity contribution in [3.8, 4) is 0 Å². The number of hydrogen-bond donors (Lipinski definition) is 3. The Morgan fingerprint density at radius 3 is 2.44 bits per heavy atom. The zero-order valence-corrected chi connectivity index (χ0v) is 10.2. The molecule has 1 fully saturated rings. The number of hydrogen-bond acceptors (Lipinski definition) is 4. The first-order valence-electron chi connectivity index (χ1n) is 6.20. The largest absolute Gasteiger partial charge is 0.396 e. The maximum absolute atomic E-state index is 9.52. The molecular formula is C12H25NO3. The summed E-state index contributed by atoms with van der Waals surface area (Å²) in [5.74, 6) is 0. The van der Waals surface area contributed by atoms with E-state index in [-0.39, 0.29) is 24.7 Å². The molecule has 0 spiro atoms. The van der Waals surface area contributed by atoms with Gasteiger partial charge in [-0.05, 0) is 12.8 Å². The monoisotopic (exact) mass is 231 g/mol. The molecule has 0 aliphatic heterocycles. The van der Waals surface area contributed by atoms with Gasteiger partial charge in [-0.3, -0.25) is 0 Å². The molecule has 16 heavy (non-hydrogen) atoms. The highest BCUT2D eigenvalue weighted by atomic mass is 16.5. The number of aliphatic hydroxyl groups is 2. The van der Waals surface area contributed by atoms with Crippen molar-refractivity contribution in [2.24, 2.45) is 5.41 Å². The Balaban J connectivity index is 2.36. The number of nitrogens with one attached hydrogen (secondary N) is 1. The average molecular weight is 231 g/mol. The van der Waals surface area contributed by atoms with Gasteiger partial charge in [-0.2, -0.15) is 0 Å². The summed E-state index contributed by atoms with van der Waals surface area (Å²) < 4.78 is 5.02. The minimum Gasteiger partial charge on any atom is -0.396 e. The molecule has 0 aromatic heterocycles. The highest BCUT2D eigenvalue weighted by Gasteiger charge is 2.31. The first-order chi connectivity index (χ1) is 7.76. The van der Waals surface area contributed by atoms with Crippen molar-refractivity contribution >= 4 is 0 Å². The van der Waals surface area contributed by atoms with Crippen LogP contribution >= 0.6 is 0 Å². The maximum atomic E-state index is 9.52. The summed E-state index contributed by atoms with van der Waals surface area (Å²) in [6.45, 7) is 1.61. The van der Waals surface area contributed by atoms with Gasteiger partial charge in [-0.25, -0.2) is 0 Å². The van der Waals surface area contributed by atoms with Gasteiger partial charge >= 0.3 is 0 Å². The minimum atomic E-state index is -0.0182. The van der Waals surface area contributed by atoms with Crippen LogP contribution in [0.4, 0.5) is 0 Å². The lowest BCUT2D eigenvalue weighted by Gasteiger charge is -2.36. The summed E-state index contributed by atoms with van der Waals surface area (Å²) in [5.41, 5.74) is 0.0272. The third-order valence-electron chi connectivity index (χ3n) is 3.60. The predicted molar refractivity (Wildman–Crippen MR) is 63.4 cm³/mol. The standard InChI is InChI=1S/C12H25NO3/c1-16-8-11(7-14)13-9-12(10-15)5-3-2-4-6-12/h11,13-15H,2-10H2,1H3. The van der Waals surface area contributed by atoms with E-state index in [1.165, 1.54) is 19.3 Å². The van der Waals surface area contributed by atoms with Gasteiger partial charge in [-0.15, -0.1) is 0 Å². The topological polar surface area (TPSA) is 61.7 Å². The third kappa shape index (κ3) is 4.01. The second-order valence-electron chi connectivity index (χ2n) is 4.93. The molecule has 1 saturated carbocycles. The molecule has 1 unspecified atom stereocenters. The Morgan fingerprint density at radius 2 is 1.94 bits per heavy atom. The van der Waals surface area contributed by atoms with Gasteiger partial charge in [0, 0.05) is 25.7 Å². The summed E-state index contributed by atoms with van der Waals surface area (Å²) in [4.78, 5) is 0. The fourth-order valence-corrected chi connectivity index (χ4v) is 2.43. The molecule has 0 radical (unpaired) electrons. The first kappa shape index (κ1) is 13.9. The molecule has 1 rings (SSSR count). The van der Waals surface area contributed by atoms with Crippen molar-refractivity contribution < 1.29 is 14.9 Å². The van der Waals surface area contributed by atoms with Crippen molar-refractivity contribution in [2.45, 2.75) is 38.1 Å². The predicted octanol–water partition coefficient (Wildman–Crippen LogP) is 0.526. The van der Waals surface area contributed by atoms with Crippen molar-refractivity contribution in [3.63, 3.8) is 0 Å². The number of ether oxygens (including phenoxy) is 1. The number of rotatable bonds is 7. The summed E-state index contributed by atoms with van der Waals surface area (Å²) in [6.07, 6.45) is 5.86. The van der Waals surface area contributed by atoms with Gasteiger partial charge in [0.1, 0.15) is 0 Å². The molecule has 1 aliphatic carbocycles. The summed E-state index contributed by atoms with van der Waals surface area (Å²) in [5, 5.41) is 22.0. The van der Waals surface area contributed by atoms with E-state index in [2.05, 4.69) is 5.32 Å². The van der Waals surface area contributed by atoms with Gasteiger partial charge in [0.25, 0.3) is 0 Å². The Labute approximate surface area is 98.0 Å². The van der Waals surface area contributed by atoms with E-state index >= 15 is 0 Å². The zero-order valence-electron chi connectivity index (χ0n) is 10.2. The van der Waals surface area contributed by atoms with E-state index in [9.17, 15) is 5.11 Å². The Hall–Kier alpha value is -0.160. The average Bonchev–Trinajstić information content (AvgIpc) is 2.35. The lowest BCUT2D eigenvalue weighted by Crippen LogP contribution is -2.46. The van der Waals surface area contributed by atoms with Crippen molar-refractivity contribution in [2.75, 3.05) is 33.5 Å². The van der Waals surface area contributed by atoms with Gasteiger partial charge in [0.05, 0.1) is 19.3 Å². The highest BCUT2D eigenvalue weighted by molar-refractivity contribution is 4.85. The van der Waals surface area contributed by atoms with E-state index in [0.29, 0.717) is 6.61 Å². The van der Waals surface area contributed by atoms with Crippen LogP contribution in [0.25, 0.3) is 0 Å².